The highest BCUT2D eigenvalue weighted by Crippen LogP contribution is 2.38. The van der Waals surface area contributed by atoms with Crippen molar-refractivity contribution < 1.29 is 9.31 Å². The minimum absolute atomic E-state index is 0.0923. The molecule has 1 heterocycles. The second kappa shape index (κ2) is 5.27. The van der Waals surface area contributed by atoms with Gasteiger partial charge in [-0.2, -0.15) is 0 Å². The van der Waals surface area contributed by atoms with Crippen LogP contribution < -0.4 is 5.19 Å². The third kappa shape index (κ3) is 3.21. The topological polar surface area (TPSA) is 18.5 Å². The molecule has 5 heteroatoms. The minimum Gasteiger partial charge on any atom is -0.403 e. The van der Waals surface area contributed by atoms with E-state index in [1.807, 2.05) is 0 Å². The predicted molar refractivity (Wildman–Crippen MR) is 92.1 cm³/mol. The van der Waals surface area contributed by atoms with Crippen LogP contribution in [0.15, 0.2) is 28.7 Å². The van der Waals surface area contributed by atoms with E-state index >= 15 is 0 Å². The van der Waals surface area contributed by atoms with Gasteiger partial charge in [-0.3, -0.25) is 0 Å². The van der Waals surface area contributed by atoms with Crippen molar-refractivity contribution in [2.45, 2.75) is 57.9 Å². The molecule has 0 saturated carbocycles. The van der Waals surface area contributed by atoms with E-state index in [9.17, 15) is 0 Å². The van der Waals surface area contributed by atoms with E-state index in [1.165, 1.54) is 5.19 Å². The van der Waals surface area contributed by atoms with Crippen molar-refractivity contribution in [3.8, 4) is 0 Å². The van der Waals surface area contributed by atoms with Crippen molar-refractivity contribution in [3.05, 3.63) is 28.7 Å². The van der Waals surface area contributed by atoms with Gasteiger partial charge in [0.25, 0.3) is 0 Å². The summed E-state index contributed by atoms with van der Waals surface area (Å²) in [6, 6.07) is 8.69. The molecule has 0 radical (unpaired) electrons. The standard InChI is InChI=1S/C15H24BBrO2Si/c1-14(2)15(3,4)19-16(18-14)11-20(5,6)13-9-7-12(17)8-10-13/h7-10H,11H2,1-6H3. The molecule has 0 atom stereocenters. The molecule has 2 rings (SSSR count). The second-order valence-corrected chi connectivity index (χ2v) is 12.9. The van der Waals surface area contributed by atoms with Crippen LogP contribution >= 0.6 is 15.9 Å². The number of rotatable bonds is 3. The zero-order valence-corrected chi connectivity index (χ0v) is 15.9. The van der Waals surface area contributed by atoms with Crippen LogP contribution in [0.5, 0.6) is 0 Å². The van der Waals surface area contributed by atoms with Gasteiger partial charge in [0.2, 0.25) is 0 Å². The largest absolute Gasteiger partial charge is 0.455 e. The number of benzene rings is 1. The molecule has 0 N–H and O–H groups in total. The van der Waals surface area contributed by atoms with E-state index in [1.54, 1.807) is 0 Å². The molecule has 1 saturated heterocycles. The van der Waals surface area contributed by atoms with Gasteiger partial charge in [-0.1, -0.05) is 46.3 Å². The Morgan fingerprint density at radius 1 is 1.00 bits per heavy atom. The smallest absolute Gasteiger partial charge is 0.403 e. The average Bonchev–Trinajstić information content (AvgIpc) is 2.46. The lowest BCUT2D eigenvalue weighted by molar-refractivity contribution is 0.00578. The third-order valence-electron chi connectivity index (χ3n) is 4.60. The molecular weight excluding hydrogens is 331 g/mol. The minimum atomic E-state index is -1.56. The molecule has 1 aliphatic rings. The van der Waals surface area contributed by atoms with Crippen molar-refractivity contribution in [3.63, 3.8) is 0 Å². The first-order valence-corrected chi connectivity index (χ1v) is 11.2. The van der Waals surface area contributed by atoms with Gasteiger partial charge in [0, 0.05) is 4.47 Å². The summed E-state index contributed by atoms with van der Waals surface area (Å²) < 4.78 is 13.4. The van der Waals surface area contributed by atoms with Crippen LogP contribution in [0.2, 0.25) is 19.0 Å². The highest BCUT2D eigenvalue weighted by atomic mass is 79.9. The Labute approximate surface area is 132 Å². The molecule has 0 spiro atoms. The Kier molecular flexibility index (Phi) is 4.29. The van der Waals surface area contributed by atoms with E-state index in [-0.39, 0.29) is 18.3 Å². The summed E-state index contributed by atoms with van der Waals surface area (Å²) in [7, 11) is -1.66. The molecular formula is C15H24BBrO2Si. The lowest BCUT2D eigenvalue weighted by Crippen LogP contribution is -2.46. The quantitative estimate of drug-likeness (QED) is 0.764. The third-order valence-corrected chi connectivity index (χ3v) is 8.38. The zero-order chi connectivity index (χ0) is 15.2. The molecule has 1 fully saturated rings. The van der Waals surface area contributed by atoms with Crippen molar-refractivity contribution in [2.24, 2.45) is 0 Å². The van der Waals surface area contributed by atoms with Gasteiger partial charge in [0.05, 0.1) is 19.3 Å². The molecule has 20 heavy (non-hydrogen) atoms. The fourth-order valence-corrected chi connectivity index (χ4v) is 5.05. The normalized spacial score (nSPS) is 21.2. The van der Waals surface area contributed by atoms with Crippen molar-refractivity contribution >= 4 is 36.3 Å². The van der Waals surface area contributed by atoms with E-state index in [2.05, 4.69) is 81.0 Å². The molecule has 0 unspecified atom stereocenters. The van der Waals surface area contributed by atoms with Crippen LogP contribution in [0.25, 0.3) is 0 Å². The number of halogens is 1. The summed E-state index contributed by atoms with van der Waals surface area (Å²) in [5.41, 5.74) is -0.469. The van der Waals surface area contributed by atoms with E-state index in [0.29, 0.717) is 0 Å². The highest BCUT2D eigenvalue weighted by Gasteiger charge is 2.52. The van der Waals surface area contributed by atoms with Crippen molar-refractivity contribution in [2.75, 3.05) is 0 Å². The van der Waals surface area contributed by atoms with Crippen LogP contribution in [0.3, 0.4) is 0 Å². The molecule has 0 bridgehead atoms. The van der Waals surface area contributed by atoms with Gasteiger partial charge in [0.15, 0.2) is 0 Å². The molecule has 0 aromatic heterocycles. The first kappa shape index (κ1) is 16.3. The van der Waals surface area contributed by atoms with E-state index < -0.39 is 8.07 Å². The maximum atomic E-state index is 6.15. The lowest BCUT2D eigenvalue weighted by atomic mass is 9.90. The molecule has 1 aromatic carbocycles. The summed E-state index contributed by atoms with van der Waals surface area (Å²) in [5, 5.41) is 1.44. The van der Waals surface area contributed by atoms with Gasteiger partial charge in [-0.15, -0.1) is 0 Å². The van der Waals surface area contributed by atoms with Gasteiger partial charge < -0.3 is 9.31 Å². The highest BCUT2D eigenvalue weighted by molar-refractivity contribution is 9.10. The molecule has 0 aliphatic carbocycles. The van der Waals surface area contributed by atoms with Gasteiger partial charge in [-0.25, -0.2) is 0 Å². The van der Waals surface area contributed by atoms with Crippen LogP contribution in [-0.2, 0) is 9.31 Å². The average molecular weight is 355 g/mol. The Hall–Kier alpha value is -0.0982. The SMILES string of the molecule is CC1(C)OB(C[Si](C)(C)c2ccc(Br)cc2)OC1(C)C. The fourth-order valence-electron chi connectivity index (χ4n) is 2.48. The molecule has 110 valence electrons. The van der Waals surface area contributed by atoms with E-state index in [4.69, 9.17) is 9.31 Å². The summed E-state index contributed by atoms with van der Waals surface area (Å²) in [6.07, 6.45) is 0. The molecule has 2 nitrogen and oxygen atoms in total. The fraction of sp³-hybridized carbons (Fsp3) is 0.600. The van der Waals surface area contributed by atoms with E-state index in [0.717, 1.165) is 10.4 Å². The summed E-state index contributed by atoms with van der Waals surface area (Å²) in [4.78, 5) is 0. The first-order chi connectivity index (χ1) is 9.03. The van der Waals surface area contributed by atoms with Crippen LogP contribution in [0.4, 0.5) is 0 Å². The monoisotopic (exact) mass is 354 g/mol. The first-order valence-electron chi connectivity index (χ1n) is 7.15. The number of hydrogen-bond acceptors (Lipinski definition) is 2. The Balaban J connectivity index is 2.12. The van der Waals surface area contributed by atoms with Gasteiger partial charge in [-0.05, 0) is 45.8 Å². The van der Waals surface area contributed by atoms with Crippen molar-refractivity contribution in [1.82, 2.24) is 0 Å². The molecule has 0 amide bonds. The lowest BCUT2D eigenvalue weighted by Gasteiger charge is -2.32. The van der Waals surface area contributed by atoms with Gasteiger partial charge >= 0.3 is 7.12 Å². The maximum absolute atomic E-state index is 6.15. The Morgan fingerprint density at radius 2 is 1.45 bits per heavy atom. The Bertz CT molecular complexity index is 469. The number of hydrogen-bond donors (Lipinski definition) is 0. The molecule has 1 aliphatic heterocycles. The molecule has 1 aromatic rings. The van der Waals surface area contributed by atoms with Crippen LogP contribution in [-0.4, -0.2) is 26.4 Å². The van der Waals surface area contributed by atoms with Crippen LogP contribution in [0.1, 0.15) is 27.7 Å². The summed E-state index contributed by atoms with van der Waals surface area (Å²) in [6.45, 7) is 13.2. The Morgan fingerprint density at radius 3 is 1.90 bits per heavy atom. The zero-order valence-electron chi connectivity index (χ0n) is 13.3. The van der Waals surface area contributed by atoms with Gasteiger partial charge in [0.1, 0.15) is 0 Å². The summed E-state index contributed by atoms with van der Waals surface area (Å²) >= 11 is 3.50. The predicted octanol–water partition coefficient (Wildman–Crippen LogP) is 4.00. The van der Waals surface area contributed by atoms with Crippen molar-refractivity contribution in [1.29, 1.82) is 0 Å². The second-order valence-electron chi connectivity index (χ2n) is 7.28. The summed E-state index contributed by atoms with van der Waals surface area (Å²) in [5.74, 6) is 0.988. The maximum Gasteiger partial charge on any atom is 0.455 e. The van der Waals surface area contributed by atoms with Crippen LogP contribution in [0, 0.1) is 0 Å².